The molecule has 28 heavy (non-hydrogen) atoms. The number of nitrogens with zero attached hydrogens (tertiary/aromatic N) is 2. The van der Waals surface area contributed by atoms with Crippen LogP contribution in [-0.4, -0.2) is 37.2 Å². The van der Waals surface area contributed by atoms with E-state index < -0.39 is 0 Å². The van der Waals surface area contributed by atoms with Crippen molar-refractivity contribution in [2.75, 3.05) is 31.2 Å². The molecule has 0 bridgehead atoms. The number of anilines is 1. The second kappa shape index (κ2) is 7.21. The van der Waals surface area contributed by atoms with Crippen molar-refractivity contribution in [3.05, 3.63) is 59.9 Å². The highest BCUT2D eigenvalue weighted by Crippen LogP contribution is 2.51. The Balaban J connectivity index is 1.34. The summed E-state index contributed by atoms with van der Waals surface area (Å²) in [5, 5.41) is 3.35. The number of carbonyl (C=O) groups is 1. The molecule has 1 aliphatic carbocycles. The van der Waals surface area contributed by atoms with Crippen molar-refractivity contribution in [1.82, 2.24) is 10.3 Å². The molecule has 2 aromatic rings. The topological polar surface area (TPSA) is 54.5 Å². The van der Waals surface area contributed by atoms with Gasteiger partial charge in [0.15, 0.2) is 0 Å². The van der Waals surface area contributed by atoms with Crippen LogP contribution in [0.3, 0.4) is 0 Å². The van der Waals surface area contributed by atoms with Gasteiger partial charge < -0.3 is 15.0 Å². The number of amides is 1. The highest BCUT2D eigenvalue weighted by atomic mass is 16.5. The molecule has 1 spiro atoms. The number of ether oxygens (including phenoxy) is 1. The van der Waals surface area contributed by atoms with Crippen molar-refractivity contribution >= 4 is 11.6 Å². The molecule has 1 aromatic carbocycles. The Kier molecular flexibility index (Phi) is 4.55. The van der Waals surface area contributed by atoms with Gasteiger partial charge in [-0.15, -0.1) is 0 Å². The Morgan fingerprint density at radius 2 is 2.04 bits per heavy atom. The van der Waals surface area contributed by atoms with Crippen LogP contribution in [0.4, 0.5) is 5.69 Å². The SMILES string of the molecule is O=C(N[C@@H]1CC2(CCN(c3cccnc3)CC2)c2ccccc21)[C@H]1CCOC1. The maximum Gasteiger partial charge on any atom is 0.226 e. The third-order valence-electron chi connectivity index (χ3n) is 6.85. The number of piperidine rings is 1. The highest BCUT2D eigenvalue weighted by Gasteiger charge is 2.46. The Labute approximate surface area is 166 Å². The first-order valence-corrected chi connectivity index (χ1v) is 10.4. The quantitative estimate of drug-likeness (QED) is 0.892. The van der Waals surface area contributed by atoms with Crippen LogP contribution < -0.4 is 10.2 Å². The fourth-order valence-electron chi connectivity index (χ4n) is 5.26. The second-order valence-corrected chi connectivity index (χ2v) is 8.39. The third kappa shape index (κ3) is 3.08. The normalized spacial score (nSPS) is 25.6. The Hall–Kier alpha value is -2.40. The molecule has 5 heteroatoms. The summed E-state index contributed by atoms with van der Waals surface area (Å²) in [5.41, 5.74) is 4.12. The van der Waals surface area contributed by atoms with Crippen molar-refractivity contribution in [3.8, 4) is 0 Å². The first kappa shape index (κ1) is 17.7. The molecule has 2 saturated heterocycles. The van der Waals surface area contributed by atoms with Gasteiger partial charge in [-0.05, 0) is 48.9 Å². The van der Waals surface area contributed by atoms with Crippen LogP contribution in [0.2, 0.25) is 0 Å². The smallest absolute Gasteiger partial charge is 0.226 e. The minimum absolute atomic E-state index is 0.0103. The van der Waals surface area contributed by atoms with Crippen molar-refractivity contribution in [1.29, 1.82) is 0 Å². The molecule has 2 fully saturated rings. The number of fused-ring (bicyclic) bond motifs is 2. The average Bonchev–Trinajstić information content (AvgIpc) is 3.38. The van der Waals surface area contributed by atoms with Crippen LogP contribution in [0, 0.1) is 5.92 Å². The molecular weight excluding hydrogens is 350 g/mol. The second-order valence-electron chi connectivity index (χ2n) is 8.39. The number of pyridine rings is 1. The number of hydrogen-bond acceptors (Lipinski definition) is 4. The molecule has 0 unspecified atom stereocenters. The summed E-state index contributed by atoms with van der Waals surface area (Å²) < 4.78 is 5.40. The molecule has 3 heterocycles. The van der Waals surface area contributed by atoms with Crippen molar-refractivity contribution in [2.24, 2.45) is 5.92 Å². The highest BCUT2D eigenvalue weighted by molar-refractivity contribution is 5.79. The minimum atomic E-state index is 0.0103. The number of carbonyl (C=O) groups excluding carboxylic acids is 1. The Bertz CT molecular complexity index is 840. The zero-order chi connectivity index (χ0) is 19.0. The van der Waals surface area contributed by atoms with Gasteiger partial charge in [0.25, 0.3) is 0 Å². The van der Waals surface area contributed by atoms with Gasteiger partial charge in [-0.2, -0.15) is 0 Å². The average molecular weight is 377 g/mol. The monoisotopic (exact) mass is 377 g/mol. The fourth-order valence-corrected chi connectivity index (χ4v) is 5.26. The van der Waals surface area contributed by atoms with E-state index in [9.17, 15) is 4.79 Å². The zero-order valence-corrected chi connectivity index (χ0v) is 16.1. The first-order valence-electron chi connectivity index (χ1n) is 10.4. The third-order valence-corrected chi connectivity index (χ3v) is 6.85. The molecule has 2 aliphatic heterocycles. The van der Waals surface area contributed by atoms with Crippen LogP contribution in [0.5, 0.6) is 0 Å². The van der Waals surface area contributed by atoms with E-state index >= 15 is 0 Å². The molecule has 1 aromatic heterocycles. The van der Waals surface area contributed by atoms with E-state index in [2.05, 4.69) is 45.5 Å². The molecule has 5 nitrogen and oxygen atoms in total. The lowest BCUT2D eigenvalue weighted by Gasteiger charge is -2.41. The molecule has 0 radical (unpaired) electrons. The predicted molar refractivity (Wildman–Crippen MR) is 108 cm³/mol. The number of hydrogen-bond donors (Lipinski definition) is 1. The van der Waals surface area contributed by atoms with Crippen LogP contribution in [0.25, 0.3) is 0 Å². The van der Waals surface area contributed by atoms with Crippen molar-refractivity contribution < 1.29 is 9.53 Å². The Morgan fingerprint density at radius 1 is 1.18 bits per heavy atom. The lowest BCUT2D eigenvalue weighted by Crippen LogP contribution is -2.42. The van der Waals surface area contributed by atoms with Crippen LogP contribution >= 0.6 is 0 Å². The number of nitrogens with one attached hydrogen (secondary N) is 1. The van der Waals surface area contributed by atoms with Gasteiger partial charge in [-0.1, -0.05) is 24.3 Å². The number of benzene rings is 1. The molecule has 3 aliphatic rings. The van der Waals surface area contributed by atoms with E-state index in [4.69, 9.17) is 4.74 Å². The van der Waals surface area contributed by atoms with Gasteiger partial charge in [0, 0.05) is 31.3 Å². The van der Waals surface area contributed by atoms with E-state index in [0.29, 0.717) is 13.2 Å². The summed E-state index contributed by atoms with van der Waals surface area (Å²) in [6.45, 7) is 3.31. The van der Waals surface area contributed by atoms with Gasteiger partial charge in [0.2, 0.25) is 5.91 Å². The lowest BCUT2D eigenvalue weighted by molar-refractivity contribution is -0.125. The summed E-state index contributed by atoms with van der Waals surface area (Å²) in [6, 6.07) is 13.0. The molecule has 5 rings (SSSR count). The fraction of sp³-hybridized carbons (Fsp3) is 0.478. The summed E-state index contributed by atoms with van der Waals surface area (Å²) in [7, 11) is 0. The van der Waals surface area contributed by atoms with Crippen molar-refractivity contribution in [2.45, 2.75) is 37.1 Å². The van der Waals surface area contributed by atoms with E-state index in [1.54, 1.807) is 0 Å². The summed E-state index contributed by atoms with van der Waals surface area (Å²) in [5.74, 6) is 0.165. The molecule has 0 saturated carbocycles. The van der Waals surface area contributed by atoms with Crippen LogP contribution in [-0.2, 0) is 14.9 Å². The standard InChI is InChI=1S/C23H27N3O2/c27-22(17-7-13-28-16-17)25-21-14-23(20-6-2-1-5-19(20)21)8-11-26(12-9-23)18-4-3-10-24-15-18/h1-6,10,15,17,21H,7-9,11-14,16H2,(H,25,27)/t17-,21+/m0/s1. The van der Waals surface area contributed by atoms with Crippen molar-refractivity contribution in [3.63, 3.8) is 0 Å². The predicted octanol–water partition coefficient (Wildman–Crippen LogP) is 3.22. The Morgan fingerprint density at radius 3 is 2.79 bits per heavy atom. The number of rotatable bonds is 3. The molecular formula is C23H27N3O2. The van der Waals surface area contributed by atoms with Gasteiger partial charge in [-0.25, -0.2) is 0 Å². The molecule has 146 valence electrons. The van der Waals surface area contributed by atoms with Gasteiger partial charge in [0.1, 0.15) is 0 Å². The molecule has 1 N–H and O–H groups in total. The summed E-state index contributed by atoms with van der Waals surface area (Å²) in [4.78, 5) is 19.4. The van der Waals surface area contributed by atoms with E-state index in [0.717, 1.165) is 38.8 Å². The maximum atomic E-state index is 12.7. The van der Waals surface area contributed by atoms with Gasteiger partial charge >= 0.3 is 0 Å². The molecule has 1 amide bonds. The minimum Gasteiger partial charge on any atom is -0.381 e. The van der Waals surface area contributed by atoms with E-state index in [1.807, 2.05) is 18.5 Å². The van der Waals surface area contributed by atoms with Crippen LogP contribution in [0.15, 0.2) is 48.8 Å². The van der Waals surface area contributed by atoms with E-state index in [-0.39, 0.29) is 23.3 Å². The van der Waals surface area contributed by atoms with Crippen LogP contribution in [0.1, 0.15) is 42.9 Å². The van der Waals surface area contributed by atoms with Gasteiger partial charge in [0.05, 0.1) is 30.5 Å². The molecule has 2 atom stereocenters. The number of aromatic nitrogens is 1. The maximum absolute atomic E-state index is 12.7. The largest absolute Gasteiger partial charge is 0.381 e. The van der Waals surface area contributed by atoms with E-state index in [1.165, 1.54) is 16.8 Å². The summed E-state index contributed by atoms with van der Waals surface area (Å²) >= 11 is 0. The zero-order valence-electron chi connectivity index (χ0n) is 16.1. The summed E-state index contributed by atoms with van der Waals surface area (Å²) in [6.07, 6.45) is 7.84. The first-order chi connectivity index (χ1) is 13.8. The van der Waals surface area contributed by atoms with Gasteiger partial charge in [-0.3, -0.25) is 9.78 Å². The lowest BCUT2D eigenvalue weighted by atomic mass is 9.73.